The molecule has 2 atom stereocenters. The fraction of sp³-hybridized carbons (Fsp3) is 0.675. The first-order valence-corrected chi connectivity index (χ1v) is 38.7. The number of rotatable bonds is 37. The monoisotopic (exact) mass is 1250 g/mol. The molecule has 0 saturated carbocycles. The highest BCUT2D eigenvalue weighted by Gasteiger charge is 2.39. The summed E-state index contributed by atoms with van der Waals surface area (Å²) in [6, 6.07) is 21.4. The topological polar surface area (TPSA) is 92.9 Å². The molecule has 492 valence electrons. The second kappa shape index (κ2) is 36.9. The number of nitrogens with zero attached hydrogens (tertiary/aromatic N) is 2. The summed E-state index contributed by atoms with van der Waals surface area (Å²) in [7, 11) is 0. The van der Waals surface area contributed by atoms with Crippen LogP contribution in [-0.2, 0) is 20.5 Å². The lowest BCUT2D eigenvalue weighted by atomic mass is 9.84. The molecule has 0 aliphatic carbocycles. The van der Waals surface area contributed by atoms with Crippen molar-refractivity contribution in [1.82, 2.24) is 0 Å². The largest absolute Gasteiger partial charge is 0.460 e. The molecule has 0 fully saturated rings. The summed E-state index contributed by atoms with van der Waals surface area (Å²) in [5.41, 5.74) is 9.01. The van der Waals surface area contributed by atoms with E-state index in [1.165, 1.54) is 241 Å². The first-order chi connectivity index (χ1) is 43.3. The molecule has 0 saturated heterocycles. The second-order valence-electron chi connectivity index (χ2n) is 29.0. The van der Waals surface area contributed by atoms with E-state index in [4.69, 9.17) is 14.6 Å². The average molecular weight is 1250 g/mol. The Balaban J connectivity index is 1.17. The van der Waals surface area contributed by atoms with Crippen molar-refractivity contribution in [2.45, 2.75) is 323 Å². The molecule has 5 aromatic rings. The molecule has 89 heavy (non-hydrogen) atoms. The molecule has 0 spiro atoms. The zero-order chi connectivity index (χ0) is 62.9. The minimum Gasteiger partial charge on any atom is -0.460 e. The first kappa shape index (κ1) is 70.7. The lowest BCUT2D eigenvalue weighted by Crippen LogP contribution is -2.35. The molecular formula is C80H121N3O4S2. The standard InChI is InChI=1S/C80H121N3O4S2/c1-8-11-14-17-20-23-25-30-35-40-45-61-46-42-37-32-27-28-33-38-43-56-79(4,5)73-54-50-69(87-73)76-64-58-65-63(75(77(84)82(65)59-61)68-49-48-67(86-68)70-51-52-71(88-70)72-53-55-74(89-72)80(6,7)81)57-66(64)83(78(76)85)60-62(44-39-34-29-22-19-16-13-10-3)47-41-36-31-26-24-21-18-15-12-9-2/h48-55,57-58,61-62H,8-47,56,59-60,81H2,1-7H3. The maximum Gasteiger partial charge on any atom is 0.262 e. The molecule has 8 rings (SSSR count). The zero-order valence-electron chi connectivity index (χ0n) is 57.3. The molecule has 3 aliphatic heterocycles. The number of benzene rings is 1. The Hall–Kier alpha value is -4.18. The fourth-order valence-electron chi connectivity index (χ4n) is 14.6. The van der Waals surface area contributed by atoms with Crippen molar-refractivity contribution >= 4 is 57.0 Å². The highest BCUT2D eigenvalue weighted by Crippen LogP contribution is 2.42. The van der Waals surface area contributed by atoms with Crippen LogP contribution >= 0.6 is 22.7 Å². The lowest BCUT2D eigenvalue weighted by molar-refractivity contribution is -0.114. The molecule has 0 radical (unpaired) electrons. The van der Waals surface area contributed by atoms with Crippen molar-refractivity contribution in [2.75, 3.05) is 22.9 Å². The van der Waals surface area contributed by atoms with Gasteiger partial charge in [0.25, 0.3) is 11.8 Å². The van der Waals surface area contributed by atoms with E-state index in [0.717, 1.165) is 75.2 Å². The van der Waals surface area contributed by atoms with E-state index >= 15 is 9.59 Å². The van der Waals surface area contributed by atoms with Crippen LogP contribution in [0.5, 0.6) is 0 Å². The third kappa shape index (κ3) is 20.9. The SMILES string of the molecule is CCCCCCCCCCCCC1CCCCCCCCCCC(C)(C)c2ccc(o2)C2=c3cc4c(cc3N(CC(CCCCCCCCCC)CCCCCCCCCCCC)C2=O)=C(c2ccc(-c3ccc(-c5ccc(C(C)(C)N)s5)s3)o2)C(=O)N4C1. The number of anilines is 2. The second-order valence-corrected chi connectivity index (χ2v) is 31.2. The van der Waals surface area contributed by atoms with Crippen molar-refractivity contribution < 1.29 is 18.4 Å². The molecule has 2 unspecified atom stereocenters. The molecule has 9 heteroatoms. The van der Waals surface area contributed by atoms with E-state index in [9.17, 15) is 0 Å². The van der Waals surface area contributed by atoms with E-state index in [1.54, 1.807) is 22.7 Å². The van der Waals surface area contributed by atoms with Gasteiger partial charge in [-0.15, -0.1) is 22.7 Å². The summed E-state index contributed by atoms with van der Waals surface area (Å²) in [5.74, 6) is 3.71. The number of unbranched alkanes of at least 4 members (excludes halogenated alkanes) is 25. The van der Waals surface area contributed by atoms with Gasteiger partial charge in [0, 0.05) is 49.1 Å². The third-order valence-corrected chi connectivity index (χ3v) is 23.0. The number of fused-ring (bicyclic) bond motifs is 3. The number of amides is 2. The highest BCUT2D eigenvalue weighted by atomic mass is 32.1. The van der Waals surface area contributed by atoms with Crippen LogP contribution in [0.25, 0.3) is 31.5 Å². The van der Waals surface area contributed by atoms with Crippen LogP contribution in [0.4, 0.5) is 11.4 Å². The first-order valence-electron chi connectivity index (χ1n) is 37.1. The molecule has 4 aromatic heterocycles. The van der Waals surface area contributed by atoms with Crippen molar-refractivity contribution in [1.29, 1.82) is 0 Å². The van der Waals surface area contributed by atoms with E-state index in [0.29, 0.717) is 47.6 Å². The van der Waals surface area contributed by atoms with Crippen LogP contribution in [0.3, 0.4) is 0 Å². The van der Waals surface area contributed by atoms with Crippen LogP contribution in [0.2, 0.25) is 0 Å². The normalized spacial score (nSPS) is 17.1. The van der Waals surface area contributed by atoms with Gasteiger partial charge >= 0.3 is 0 Å². The van der Waals surface area contributed by atoms with E-state index in [-0.39, 0.29) is 17.2 Å². The van der Waals surface area contributed by atoms with Crippen molar-refractivity contribution in [3.05, 3.63) is 93.3 Å². The van der Waals surface area contributed by atoms with Crippen LogP contribution in [0, 0.1) is 11.8 Å². The summed E-state index contributed by atoms with van der Waals surface area (Å²) in [5, 5.41) is 1.78. The predicted molar refractivity (Wildman–Crippen MR) is 383 cm³/mol. The third-order valence-electron chi connectivity index (χ3n) is 20.3. The molecular weight excluding hydrogens is 1130 g/mol. The number of hydrogen-bond donors (Lipinski definition) is 1. The van der Waals surface area contributed by atoms with E-state index in [1.807, 2.05) is 6.07 Å². The number of thiophene rings is 2. The lowest BCUT2D eigenvalue weighted by Gasteiger charge is -2.27. The van der Waals surface area contributed by atoms with Gasteiger partial charge in [-0.1, -0.05) is 266 Å². The van der Waals surface area contributed by atoms with Gasteiger partial charge in [0.15, 0.2) is 0 Å². The Kier molecular flexibility index (Phi) is 29.3. The van der Waals surface area contributed by atoms with Gasteiger partial charge in [-0.05, 0) is 118 Å². The molecule has 1 aromatic carbocycles. The van der Waals surface area contributed by atoms with Crippen LogP contribution in [0.1, 0.15) is 334 Å². The minimum absolute atomic E-state index is 0.00779. The van der Waals surface area contributed by atoms with Gasteiger partial charge in [0.2, 0.25) is 0 Å². The van der Waals surface area contributed by atoms with Gasteiger partial charge < -0.3 is 24.4 Å². The van der Waals surface area contributed by atoms with E-state index in [2.05, 4.69) is 113 Å². The predicted octanol–water partition coefficient (Wildman–Crippen LogP) is 23.2. The molecule has 2 amide bonds. The summed E-state index contributed by atoms with van der Waals surface area (Å²) in [4.78, 5) is 40.6. The van der Waals surface area contributed by atoms with Gasteiger partial charge in [0.05, 0.1) is 27.4 Å². The summed E-state index contributed by atoms with van der Waals surface area (Å²) >= 11 is 3.46. The average Bonchev–Trinajstić information content (AvgIpc) is 1.59. The van der Waals surface area contributed by atoms with Crippen molar-refractivity contribution in [3.8, 4) is 20.4 Å². The van der Waals surface area contributed by atoms with Gasteiger partial charge in [0.1, 0.15) is 23.0 Å². The van der Waals surface area contributed by atoms with Gasteiger partial charge in [-0.3, -0.25) is 9.59 Å². The quantitative estimate of drug-likeness (QED) is 0.0400. The van der Waals surface area contributed by atoms with Crippen molar-refractivity contribution in [2.24, 2.45) is 17.6 Å². The maximum absolute atomic E-state index is 15.9. The van der Waals surface area contributed by atoms with Gasteiger partial charge in [-0.25, -0.2) is 0 Å². The van der Waals surface area contributed by atoms with Crippen LogP contribution in [0.15, 0.2) is 69.5 Å². The fourth-order valence-corrected chi connectivity index (χ4v) is 16.7. The minimum atomic E-state index is -0.406. The van der Waals surface area contributed by atoms with Crippen LogP contribution < -0.4 is 26.0 Å². The van der Waals surface area contributed by atoms with Crippen molar-refractivity contribution in [3.63, 3.8) is 0 Å². The summed E-state index contributed by atoms with van der Waals surface area (Å²) in [6.07, 6.45) is 52.1. The van der Waals surface area contributed by atoms with Crippen LogP contribution in [-0.4, -0.2) is 24.9 Å². The molecule has 7 heterocycles. The Morgan fingerprint density at radius 3 is 1.56 bits per heavy atom. The van der Waals surface area contributed by atoms with E-state index < -0.39 is 5.54 Å². The maximum atomic E-state index is 15.9. The molecule has 3 aliphatic rings. The molecule has 2 N–H and O–H groups in total. The smallest absolute Gasteiger partial charge is 0.262 e. The number of hydrogen-bond acceptors (Lipinski definition) is 7. The number of furan rings is 2. The summed E-state index contributed by atoms with van der Waals surface area (Å²) in [6.45, 7) is 17.0. The Morgan fingerprint density at radius 1 is 0.517 bits per heavy atom. The number of carbonyl (C=O) groups excluding carboxylic acids is 2. The molecule has 7 nitrogen and oxygen atoms in total. The Bertz CT molecular complexity index is 3020. The number of nitrogens with two attached hydrogens (primary N) is 1. The Morgan fingerprint density at radius 2 is 0.978 bits per heavy atom. The summed E-state index contributed by atoms with van der Waals surface area (Å²) < 4.78 is 14.0. The number of carbonyl (C=O) groups is 2. The Labute approximate surface area is 548 Å². The zero-order valence-corrected chi connectivity index (χ0v) is 58.9. The van der Waals surface area contributed by atoms with Gasteiger partial charge in [-0.2, -0.15) is 0 Å². The molecule has 4 bridgehead atoms. The highest BCUT2D eigenvalue weighted by molar-refractivity contribution is 7.23.